The topological polar surface area (TPSA) is 47.6 Å². The normalized spacial score (nSPS) is 10.6. The third-order valence-electron chi connectivity index (χ3n) is 3.81. The van der Waals surface area contributed by atoms with Gasteiger partial charge in [-0.05, 0) is 54.1 Å². The van der Waals surface area contributed by atoms with Gasteiger partial charge in [0.1, 0.15) is 24.7 Å². The Bertz CT molecular complexity index is 924. The van der Waals surface area contributed by atoms with Crippen LogP contribution in [0.15, 0.2) is 84.9 Å². The molecular weight excluding hydrogens is 374 g/mol. The van der Waals surface area contributed by atoms with Crippen molar-refractivity contribution in [3.8, 4) is 11.5 Å². The van der Waals surface area contributed by atoms with E-state index >= 15 is 0 Å². The third kappa shape index (κ3) is 6.18. The molecule has 0 radical (unpaired) electrons. The van der Waals surface area contributed by atoms with E-state index in [4.69, 9.17) is 21.1 Å². The summed E-state index contributed by atoms with van der Waals surface area (Å²) < 4.78 is 11.2. The number of carbonyl (C=O) groups is 1. The van der Waals surface area contributed by atoms with Crippen LogP contribution in [0.25, 0.3) is 6.08 Å². The van der Waals surface area contributed by atoms with Gasteiger partial charge in [0.2, 0.25) is 5.91 Å². The van der Waals surface area contributed by atoms with Gasteiger partial charge in [-0.25, -0.2) is 0 Å². The van der Waals surface area contributed by atoms with E-state index < -0.39 is 0 Å². The first-order chi connectivity index (χ1) is 13.7. The third-order valence-corrected chi connectivity index (χ3v) is 4.15. The molecule has 0 fully saturated rings. The van der Waals surface area contributed by atoms with Crippen LogP contribution in [0.5, 0.6) is 11.5 Å². The average molecular weight is 394 g/mol. The molecule has 1 N–H and O–H groups in total. The van der Waals surface area contributed by atoms with Crippen LogP contribution in [0.2, 0.25) is 5.02 Å². The number of para-hydroxylation sites is 1. The van der Waals surface area contributed by atoms with Crippen molar-refractivity contribution < 1.29 is 14.3 Å². The fraction of sp³-hybridized carbons (Fsp3) is 0.0870. The second-order valence-corrected chi connectivity index (χ2v) is 6.29. The van der Waals surface area contributed by atoms with Gasteiger partial charge in [-0.1, -0.05) is 48.0 Å². The van der Waals surface area contributed by atoms with E-state index in [2.05, 4.69) is 5.32 Å². The maximum atomic E-state index is 12.0. The summed E-state index contributed by atoms with van der Waals surface area (Å²) in [5, 5.41) is 3.40. The van der Waals surface area contributed by atoms with Crippen LogP contribution in [-0.4, -0.2) is 19.1 Å². The van der Waals surface area contributed by atoms with E-state index in [1.165, 1.54) is 6.08 Å². The van der Waals surface area contributed by atoms with Crippen LogP contribution in [-0.2, 0) is 4.79 Å². The Labute approximate surface area is 169 Å². The maximum absolute atomic E-state index is 12.0. The van der Waals surface area contributed by atoms with Crippen molar-refractivity contribution in [3.63, 3.8) is 0 Å². The molecule has 0 saturated carbocycles. The fourth-order valence-electron chi connectivity index (χ4n) is 2.43. The molecule has 0 spiro atoms. The molecule has 5 heteroatoms. The number of ether oxygens (including phenoxy) is 2. The SMILES string of the molecule is O=C(/C=C/c1ccccc1Cl)Nc1ccc(OCCOc2ccccc2)cc1. The average Bonchev–Trinajstić information content (AvgIpc) is 2.72. The molecule has 0 unspecified atom stereocenters. The number of benzene rings is 3. The van der Waals surface area contributed by atoms with Gasteiger partial charge in [-0.3, -0.25) is 4.79 Å². The fourth-order valence-corrected chi connectivity index (χ4v) is 2.63. The first-order valence-corrected chi connectivity index (χ1v) is 9.23. The predicted octanol–water partition coefficient (Wildman–Crippen LogP) is 5.45. The first kappa shape index (κ1) is 19.5. The van der Waals surface area contributed by atoms with Gasteiger partial charge in [0.15, 0.2) is 0 Å². The lowest BCUT2D eigenvalue weighted by Crippen LogP contribution is -2.09. The summed E-state index contributed by atoms with van der Waals surface area (Å²) in [6.45, 7) is 0.885. The quantitative estimate of drug-likeness (QED) is 0.409. The standard InChI is InChI=1S/C23H20ClNO3/c24-22-9-5-4-6-18(22)10-15-23(26)25-19-11-13-21(14-12-19)28-17-16-27-20-7-2-1-3-8-20/h1-15H,16-17H2,(H,25,26)/b15-10+. The molecule has 0 aliphatic carbocycles. The van der Waals surface area contributed by atoms with Crippen LogP contribution in [0.3, 0.4) is 0 Å². The molecule has 3 rings (SSSR count). The number of carbonyl (C=O) groups excluding carboxylic acids is 1. The Morgan fingerprint density at radius 3 is 2.11 bits per heavy atom. The zero-order valence-corrected chi connectivity index (χ0v) is 15.9. The molecule has 0 aliphatic rings. The minimum atomic E-state index is -0.232. The highest BCUT2D eigenvalue weighted by atomic mass is 35.5. The lowest BCUT2D eigenvalue weighted by molar-refractivity contribution is -0.111. The molecule has 0 atom stereocenters. The first-order valence-electron chi connectivity index (χ1n) is 8.85. The summed E-state index contributed by atoms with van der Waals surface area (Å²) in [5.41, 5.74) is 1.47. The van der Waals surface area contributed by atoms with E-state index in [1.807, 2.05) is 48.5 Å². The van der Waals surface area contributed by atoms with Crippen molar-refractivity contribution in [3.05, 3.63) is 95.5 Å². The van der Waals surface area contributed by atoms with Crippen LogP contribution in [0.1, 0.15) is 5.56 Å². The summed E-state index contributed by atoms with van der Waals surface area (Å²) in [4.78, 5) is 12.0. The van der Waals surface area contributed by atoms with Gasteiger partial charge in [-0.15, -0.1) is 0 Å². The van der Waals surface area contributed by atoms with Crippen molar-refractivity contribution in [2.45, 2.75) is 0 Å². The molecule has 0 bridgehead atoms. The summed E-state index contributed by atoms with van der Waals surface area (Å²) in [5.74, 6) is 1.29. The number of amides is 1. The minimum absolute atomic E-state index is 0.232. The highest BCUT2D eigenvalue weighted by molar-refractivity contribution is 6.32. The lowest BCUT2D eigenvalue weighted by Gasteiger charge is -2.09. The zero-order valence-electron chi connectivity index (χ0n) is 15.2. The Morgan fingerprint density at radius 2 is 1.43 bits per heavy atom. The van der Waals surface area contributed by atoms with Crippen LogP contribution in [0, 0.1) is 0 Å². The van der Waals surface area contributed by atoms with Crippen LogP contribution < -0.4 is 14.8 Å². The minimum Gasteiger partial charge on any atom is -0.490 e. The number of halogens is 1. The van der Waals surface area contributed by atoms with Crippen molar-refractivity contribution >= 4 is 29.3 Å². The van der Waals surface area contributed by atoms with Gasteiger partial charge in [0.25, 0.3) is 0 Å². The van der Waals surface area contributed by atoms with Crippen molar-refractivity contribution in [2.75, 3.05) is 18.5 Å². The predicted molar refractivity (Wildman–Crippen MR) is 113 cm³/mol. The summed E-state index contributed by atoms with van der Waals surface area (Å²) in [7, 11) is 0. The number of nitrogens with one attached hydrogen (secondary N) is 1. The number of rotatable bonds is 8. The van der Waals surface area contributed by atoms with Crippen molar-refractivity contribution in [1.29, 1.82) is 0 Å². The monoisotopic (exact) mass is 393 g/mol. The van der Waals surface area contributed by atoms with Crippen molar-refractivity contribution in [2.24, 2.45) is 0 Å². The van der Waals surface area contributed by atoms with Gasteiger partial charge in [0, 0.05) is 16.8 Å². The largest absolute Gasteiger partial charge is 0.490 e. The molecule has 1 amide bonds. The Morgan fingerprint density at radius 1 is 0.821 bits per heavy atom. The van der Waals surface area contributed by atoms with E-state index in [0.29, 0.717) is 29.7 Å². The summed E-state index contributed by atoms with van der Waals surface area (Å²) in [6, 6.07) is 24.1. The molecule has 3 aromatic carbocycles. The Kier molecular flexibility index (Phi) is 7.10. The van der Waals surface area contributed by atoms with Gasteiger partial charge in [0.05, 0.1) is 0 Å². The number of anilines is 1. The molecule has 0 aromatic heterocycles. The van der Waals surface area contributed by atoms with E-state index in [9.17, 15) is 4.79 Å². The molecule has 142 valence electrons. The van der Waals surface area contributed by atoms with Crippen molar-refractivity contribution in [1.82, 2.24) is 0 Å². The Hall–Kier alpha value is -3.24. The van der Waals surface area contributed by atoms with Gasteiger partial charge in [-0.2, -0.15) is 0 Å². The van der Waals surface area contributed by atoms with E-state index in [1.54, 1.807) is 36.4 Å². The van der Waals surface area contributed by atoms with Crippen LogP contribution in [0.4, 0.5) is 5.69 Å². The second kappa shape index (κ2) is 10.2. The lowest BCUT2D eigenvalue weighted by atomic mass is 10.2. The van der Waals surface area contributed by atoms with Gasteiger partial charge < -0.3 is 14.8 Å². The Balaban J connectivity index is 1.43. The van der Waals surface area contributed by atoms with Gasteiger partial charge >= 0.3 is 0 Å². The van der Waals surface area contributed by atoms with E-state index in [-0.39, 0.29) is 5.91 Å². The highest BCUT2D eigenvalue weighted by Gasteiger charge is 2.01. The molecule has 28 heavy (non-hydrogen) atoms. The maximum Gasteiger partial charge on any atom is 0.248 e. The highest BCUT2D eigenvalue weighted by Crippen LogP contribution is 2.18. The molecule has 3 aromatic rings. The number of hydrogen-bond acceptors (Lipinski definition) is 3. The summed E-state index contributed by atoms with van der Waals surface area (Å²) >= 11 is 6.07. The zero-order chi connectivity index (χ0) is 19.6. The second-order valence-electron chi connectivity index (χ2n) is 5.88. The smallest absolute Gasteiger partial charge is 0.248 e. The number of hydrogen-bond donors (Lipinski definition) is 1. The summed E-state index contributed by atoms with van der Waals surface area (Å²) in [6.07, 6.45) is 3.13. The molecule has 4 nitrogen and oxygen atoms in total. The molecular formula is C23H20ClNO3. The van der Waals surface area contributed by atoms with E-state index in [0.717, 1.165) is 11.3 Å². The molecule has 0 heterocycles. The molecule has 0 aliphatic heterocycles. The van der Waals surface area contributed by atoms with Crippen LogP contribution >= 0.6 is 11.6 Å². The molecule has 0 saturated heterocycles.